The summed E-state index contributed by atoms with van der Waals surface area (Å²) in [6.07, 6.45) is 6.45. The third-order valence-electron chi connectivity index (χ3n) is 2.95. The molecule has 2 aromatic heterocycles. The van der Waals surface area contributed by atoms with E-state index in [4.69, 9.17) is 5.14 Å². The van der Waals surface area contributed by atoms with E-state index < -0.39 is 10.0 Å². The molecule has 0 spiro atoms. The third-order valence-corrected chi connectivity index (χ3v) is 3.88. The fourth-order valence-corrected chi connectivity index (χ4v) is 2.43. The number of nitrogens with zero attached hydrogens (tertiary/aromatic N) is 5. The summed E-state index contributed by atoms with van der Waals surface area (Å²) in [5.74, 6) is 0. The smallest absolute Gasteiger partial charge is 0.238 e. The zero-order valence-corrected chi connectivity index (χ0v) is 12.1. The SMILES string of the molecule is NS(=O)(=O)c1ccc(-n2cccc2C=Nn2cnnc2)cc1. The van der Waals surface area contributed by atoms with Crippen molar-refractivity contribution >= 4 is 16.2 Å². The summed E-state index contributed by atoms with van der Waals surface area (Å²) in [6, 6.07) is 10.0. The molecule has 0 aliphatic heterocycles. The average Bonchev–Trinajstić information content (AvgIpc) is 3.16. The van der Waals surface area contributed by atoms with Crippen LogP contribution in [0, 0.1) is 0 Å². The molecule has 22 heavy (non-hydrogen) atoms. The fourth-order valence-electron chi connectivity index (χ4n) is 1.91. The predicted molar refractivity (Wildman–Crippen MR) is 80.2 cm³/mol. The van der Waals surface area contributed by atoms with E-state index in [9.17, 15) is 8.42 Å². The van der Waals surface area contributed by atoms with Crippen molar-refractivity contribution in [2.75, 3.05) is 0 Å². The van der Waals surface area contributed by atoms with Crippen LogP contribution >= 0.6 is 0 Å². The third kappa shape index (κ3) is 2.95. The molecule has 0 amide bonds. The number of benzene rings is 1. The normalized spacial score (nSPS) is 12.0. The van der Waals surface area contributed by atoms with Crippen molar-refractivity contribution in [2.45, 2.75) is 4.90 Å². The molecule has 2 heterocycles. The number of primary sulfonamides is 1. The van der Waals surface area contributed by atoms with Crippen LogP contribution in [0.1, 0.15) is 5.69 Å². The monoisotopic (exact) mass is 316 g/mol. The van der Waals surface area contributed by atoms with Gasteiger partial charge in [0, 0.05) is 11.9 Å². The van der Waals surface area contributed by atoms with Gasteiger partial charge in [0.2, 0.25) is 10.0 Å². The van der Waals surface area contributed by atoms with Gasteiger partial charge in [0.1, 0.15) is 12.7 Å². The van der Waals surface area contributed by atoms with Gasteiger partial charge >= 0.3 is 0 Å². The molecule has 0 bridgehead atoms. The number of rotatable bonds is 4. The molecular formula is C13H12N6O2S. The van der Waals surface area contributed by atoms with Crippen LogP contribution in [0.25, 0.3) is 5.69 Å². The number of aromatic nitrogens is 4. The average molecular weight is 316 g/mol. The predicted octanol–water partition coefficient (Wildman–Crippen LogP) is 0.598. The summed E-state index contributed by atoms with van der Waals surface area (Å²) < 4.78 is 25.9. The zero-order valence-electron chi connectivity index (χ0n) is 11.3. The molecule has 0 radical (unpaired) electrons. The molecular weight excluding hydrogens is 304 g/mol. The van der Waals surface area contributed by atoms with Crippen molar-refractivity contribution in [3.8, 4) is 5.69 Å². The van der Waals surface area contributed by atoms with E-state index in [-0.39, 0.29) is 4.90 Å². The first kappa shape index (κ1) is 14.2. The Hall–Kier alpha value is -2.78. The Kier molecular flexibility index (Phi) is 3.57. The molecule has 8 nitrogen and oxygen atoms in total. The minimum absolute atomic E-state index is 0.0723. The van der Waals surface area contributed by atoms with E-state index in [1.807, 2.05) is 22.9 Å². The minimum Gasteiger partial charge on any atom is -0.316 e. The van der Waals surface area contributed by atoms with Crippen LogP contribution < -0.4 is 5.14 Å². The van der Waals surface area contributed by atoms with Gasteiger partial charge < -0.3 is 4.57 Å². The summed E-state index contributed by atoms with van der Waals surface area (Å²) in [5.41, 5.74) is 1.61. The second-order valence-electron chi connectivity index (χ2n) is 4.43. The topological polar surface area (TPSA) is 108 Å². The van der Waals surface area contributed by atoms with Crippen molar-refractivity contribution < 1.29 is 8.42 Å². The van der Waals surface area contributed by atoms with E-state index in [1.54, 1.807) is 18.3 Å². The van der Waals surface area contributed by atoms with E-state index >= 15 is 0 Å². The Morgan fingerprint density at radius 3 is 2.41 bits per heavy atom. The lowest BCUT2D eigenvalue weighted by Gasteiger charge is -2.07. The number of nitrogens with two attached hydrogens (primary N) is 1. The molecule has 3 rings (SSSR count). The zero-order chi connectivity index (χ0) is 15.6. The second-order valence-corrected chi connectivity index (χ2v) is 5.99. The largest absolute Gasteiger partial charge is 0.316 e. The van der Waals surface area contributed by atoms with Crippen molar-refractivity contribution in [3.05, 3.63) is 60.9 Å². The Balaban J connectivity index is 1.92. The van der Waals surface area contributed by atoms with Crippen LogP contribution in [0.3, 0.4) is 0 Å². The van der Waals surface area contributed by atoms with E-state index in [0.717, 1.165) is 11.4 Å². The molecule has 3 aromatic rings. The first-order chi connectivity index (χ1) is 10.5. The number of hydrogen-bond donors (Lipinski definition) is 1. The summed E-state index contributed by atoms with van der Waals surface area (Å²) in [7, 11) is -3.69. The minimum atomic E-state index is -3.69. The van der Waals surface area contributed by atoms with Crippen LogP contribution in [-0.2, 0) is 10.0 Å². The fraction of sp³-hybridized carbons (Fsp3) is 0. The molecule has 0 saturated heterocycles. The molecule has 2 N–H and O–H groups in total. The van der Waals surface area contributed by atoms with Crippen LogP contribution in [0.2, 0.25) is 0 Å². The van der Waals surface area contributed by atoms with Gasteiger partial charge in [-0.1, -0.05) is 0 Å². The first-order valence-electron chi connectivity index (χ1n) is 6.23. The van der Waals surface area contributed by atoms with E-state index in [1.165, 1.54) is 29.5 Å². The summed E-state index contributed by atoms with van der Waals surface area (Å²) in [4.78, 5) is 0.0723. The van der Waals surface area contributed by atoms with Crippen LogP contribution in [0.15, 0.2) is 65.2 Å². The highest BCUT2D eigenvalue weighted by Gasteiger charge is 2.08. The van der Waals surface area contributed by atoms with Gasteiger partial charge in [-0.25, -0.2) is 18.2 Å². The van der Waals surface area contributed by atoms with E-state index in [0.29, 0.717) is 0 Å². The van der Waals surface area contributed by atoms with Crippen LogP contribution in [0.5, 0.6) is 0 Å². The molecule has 0 fully saturated rings. The van der Waals surface area contributed by atoms with Crippen molar-refractivity contribution in [1.29, 1.82) is 0 Å². The first-order valence-corrected chi connectivity index (χ1v) is 7.78. The second kappa shape index (κ2) is 5.54. The molecule has 0 saturated carbocycles. The van der Waals surface area contributed by atoms with Crippen molar-refractivity contribution in [3.63, 3.8) is 0 Å². The summed E-state index contributed by atoms with van der Waals surface area (Å²) in [6.45, 7) is 0. The van der Waals surface area contributed by atoms with Gasteiger partial charge in [0.15, 0.2) is 0 Å². The van der Waals surface area contributed by atoms with Crippen LogP contribution in [-0.4, -0.2) is 34.1 Å². The van der Waals surface area contributed by atoms with Gasteiger partial charge in [-0.2, -0.15) is 5.10 Å². The van der Waals surface area contributed by atoms with E-state index in [2.05, 4.69) is 15.3 Å². The molecule has 1 aromatic carbocycles. The quantitative estimate of drug-likeness (QED) is 0.711. The molecule has 0 aliphatic carbocycles. The lowest BCUT2D eigenvalue weighted by molar-refractivity contribution is 0.598. The van der Waals surface area contributed by atoms with Gasteiger partial charge in [-0.05, 0) is 36.4 Å². The van der Waals surface area contributed by atoms with Gasteiger partial charge in [0.05, 0.1) is 16.8 Å². The highest BCUT2D eigenvalue weighted by molar-refractivity contribution is 7.89. The number of hydrogen-bond acceptors (Lipinski definition) is 5. The molecule has 9 heteroatoms. The highest BCUT2D eigenvalue weighted by Crippen LogP contribution is 2.15. The standard InChI is InChI=1S/C13H12N6O2S/c14-22(20,21)13-5-3-11(4-6-13)19-7-1-2-12(19)8-17-18-9-15-16-10-18/h1-10H,(H2,14,20,21). The van der Waals surface area contributed by atoms with Crippen LogP contribution in [0.4, 0.5) is 0 Å². The lowest BCUT2D eigenvalue weighted by Crippen LogP contribution is -2.12. The lowest BCUT2D eigenvalue weighted by atomic mass is 10.3. The van der Waals surface area contributed by atoms with Crippen molar-refractivity contribution in [2.24, 2.45) is 10.2 Å². The Morgan fingerprint density at radius 1 is 1.09 bits per heavy atom. The summed E-state index contributed by atoms with van der Waals surface area (Å²) in [5, 5.41) is 16.6. The molecule has 0 aliphatic rings. The molecule has 112 valence electrons. The van der Waals surface area contributed by atoms with Gasteiger partial charge in [-0.3, -0.25) is 0 Å². The van der Waals surface area contributed by atoms with Gasteiger partial charge in [-0.15, -0.1) is 10.2 Å². The maximum atomic E-state index is 11.3. The highest BCUT2D eigenvalue weighted by atomic mass is 32.2. The maximum absolute atomic E-state index is 11.3. The Morgan fingerprint density at radius 2 is 1.77 bits per heavy atom. The summed E-state index contributed by atoms with van der Waals surface area (Å²) >= 11 is 0. The number of sulfonamides is 1. The Bertz CT molecular complexity index is 894. The maximum Gasteiger partial charge on any atom is 0.238 e. The van der Waals surface area contributed by atoms with Gasteiger partial charge in [0.25, 0.3) is 0 Å². The molecule has 0 unspecified atom stereocenters. The molecule has 0 atom stereocenters. The Labute approximate surface area is 126 Å². The van der Waals surface area contributed by atoms with Crippen molar-refractivity contribution in [1.82, 2.24) is 19.4 Å².